The normalized spacial score (nSPS) is 11.5. The summed E-state index contributed by atoms with van der Waals surface area (Å²) >= 11 is 0. The number of carbonyl (C=O) groups is 1. The molecule has 0 aliphatic heterocycles. The molecule has 4 rings (SSSR count). The predicted molar refractivity (Wildman–Crippen MR) is 107 cm³/mol. The van der Waals surface area contributed by atoms with Gasteiger partial charge >= 0.3 is 6.18 Å². The molecular formula is C20H16F3N7O. The highest BCUT2D eigenvalue weighted by molar-refractivity contribution is 6.05. The fraction of sp³-hybridized carbons (Fsp3) is 0.150. The Morgan fingerprint density at radius 3 is 2.42 bits per heavy atom. The molecule has 0 aliphatic carbocycles. The van der Waals surface area contributed by atoms with Crippen molar-refractivity contribution in [3.63, 3.8) is 0 Å². The minimum absolute atomic E-state index is 0.00382. The predicted octanol–water partition coefficient (Wildman–Crippen LogP) is 3.43. The van der Waals surface area contributed by atoms with E-state index in [0.29, 0.717) is 22.3 Å². The van der Waals surface area contributed by atoms with E-state index in [2.05, 4.69) is 25.6 Å². The first-order chi connectivity index (χ1) is 14.8. The van der Waals surface area contributed by atoms with Gasteiger partial charge in [-0.3, -0.25) is 9.78 Å². The molecule has 1 N–H and O–H groups in total. The van der Waals surface area contributed by atoms with Crippen LogP contribution in [0.15, 0.2) is 60.9 Å². The Morgan fingerprint density at radius 1 is 1.03 bits per heavy atom. The van der Waals surface area contributed by atoms with E-state index in [4.69, 9.17) is 0 Å². The first-order valence-corrected chi connectivity index (χ1v) is 9.13. The number of alkyl halides is 3. The zero-order chi connectivity index (χ0) is 22.0. The summed E-state index contributed by atoms with van der Waals surface area (Å²) in [4.78, 5) is 17.9. The maximum absolute atomic E-state index is 13.0. The summed E-state index contributed by atoms with van der Waals surface area (Å²) in [5.41, 5.74) is 2.08. The molecule has 3 aromatic heterocycles. The van der Waals surface area contributed by atoms with Gasteiger partial charge in [0.2, 0.25) is 0 Å². The third kappa shape index (κ3) is 4.29. The molecule has 0 fully saturated rings. The molecule has 0 bridgehead atoms. The van der Waals surface area contributed by atoms with Crippen molar-refractivity contribution in [2.45, 2.75) is 12.7 Å². The van der Waals surface area contributed by atoms with Gasteiger partial charge in [-0.2, -0.15) is 17.7 Å². The molecule has 11 heteroatoms. The molecule has 1 aromatic carbocycles. The van der Waals surface area contributed by atoms with Crippen molar-refractivity contribution in [3.8, 4) is 0 Å². The summed E-state index contributed by atoms with van der Waals surface area (Å²) in [5.74, 6) is -1.11. The van der Waals surface area contributed by atoms with Gasteiger partial charge in [0.1, 0.15) is 5.82 Å². The number of fused-ring (bicyclic) bond motifs is 1. The molecule has 4 aromatic rings. The van der Waals surface area contributed by atoms with Gasteiger partial charge in [0.25, 0.3) is 11.7 Å². The summed E-state index contributed by atoms with van der Waals surface area (Å²) in [7, 11) is 1.67. The quantitative estimate of drug-likeness (QED) is 0.525. The van der Waals surface area contributed by atoms with Crippen LogP contribution in [0.4, 0.5) is 24.7 Å². The summed E-state index contributed by atoms with van der Waals surface area (Å²) in [6.45, 7) is 0.324. The number of anilines is 2. The fourth-order valence-corrected chi connectivity index (χ4v) is 2.90. The van der Waals surface area contributed by atoms with Crippen molar-refractivity contribution in [1.29, 1.82) is 0 Å². The van der Waals surface area contributed by atoms with Crippen LogP contribution in [-0.2, 0) is 12.7 Å². The van der Waals surface area contributed by atoms with E-state index in [0.717, 1.165) is 5.56 Å². The molecule has 31 heavy (non-hydrogen) atoms. The smallest absolute Gasteiger partial charge is 0.365 e. The Morgan fingerprint density at radius 2 is 1.74 bits per heavy atom. The van der Waals surface area contributed by atoms with Crippen LogP contribution >= 0.6 is 0 Å². The number of carbonyl (C=O) groups excluding carboxylic acids is 1. The second kappa shape index (κ2) is 8.01. The van der Waals surface area contributed by atoms with E-state index >= 15 is 0 Å². The molecule has 0 atom stereocenters. The average Bonchev–Trinajstić information content (AvgIpc) is 3.21. The molecule has 3 heterocycles. The average molecular weight is 427 g/mol. The molecule has 0 radical (unpaired) electrons. The molecule has 0 aliphatic rings. The number of rotatable bonds is 5. The van der Waals surface area contributed by atoms with Crippen LogP contribution in [0.1, 0.15) is 21.7 Å². The molecule has 0 saturated carbocycles. The van der Waals surface area contributed by atoms with Crippen LogP contribution in [0.5, 0.6) is 0 Å². The lowest BCUT2D eigenvalue weighted by Gasteiger charge is -2.18. The second-order valence-corrected chi connectivity index (χ2v) is 6.63. The van der Waals surface area contributed by atoms with Gasteiger partial charge in [0.05, 0.1) is 0 Å². The minimum Gasteiger partial charge on any atom is -0.365 e. The number of halogens is 3. The van der Waals surface area contributed by atoms with Crippen LogP contribution in [0.2, 0.25) is 0 Å². The standard InChI is InChI=1S/C20H16F3N7O/c1-29(18(31)14-8-10-24-11-9-14)15-4-2-13(3-5-15)12-25-16-6-7-17-26-27-19(20(21,22)23)30(17)28-16/h2-11H,12H2,1H3,(H,25,28). The van der Waals surface area contributed by atoms with Crippen LogP contribution in [0.3, 0.4) is 0 Å². The first kappa shape index (κ1) is 20.3. The molecule has 8 nitrogen and oxygen atoms in total. The van der Waals surface area contributed by atoms with Crippen molar-refractivity contribution in [2.24, 2.45) is 0 Å². The van der Waals surface area contributed by atoms with Crippen LogP contribution in [0.25, 0.3) is 5.65 Å². The molecule has 0 spiro atoms. The number of hydrogen-bond acceptors (Lipinski definition) is 6. The lowest BCUT2D eigenvalue weighted by Crippen LogP contribution is -2.26. The van der Waals surface area contributed by atoms with Gasteiger partial charge in [0, 0.05) is 37.2 Å². The van der Waals surface area contributed by atoms with E-state index in [9.17, 15) is 18.0 Å². The minimum atomic E-state index is -4.65. The summed E-state index contributed by atoms with van der Waals surface area (Å²) in [6.07, 6.45) is -1.54. The van der Waals surface area contributed by atoms with Crippen molar-refractivity contribution in [3.05, 3.63) is 77.9 Å². The van der Waals surface area contributed by atoms with E-state index in [1.165, 1.54) is 17.0 Å². The maximum Gasteiger partial charge on any atom is 0.453 e. The number of hydrogen-bond donors (Lipinski definition) is 1. The number of nitrogens with zero attached hydrogens (tertiary/aromatic N) is 6. The monoisotopic (exact) mass is 427 g/mol. The van der Waals surface area contributed by atoms with Gasteiger partial charge in [-0.1, -0.05) is 12.1 Å². The van der Waals surface area contributed by atoms with Gasteiger partial charge in [-0.25, -0.2) is 0 Å². The van der Waals surface area contributed by atoms with Crippen LogP contribution < -0.4 is 10.2 Å². The number of nitrogens with one attached hydrogen (secondary N) is 1. The van der Waals surface area contributed by atoms with Gasteiger partial charge in [0.15, 0.2) is 5.65 Å². The number of benzene rings is 1. The summed E-state index contributed by atoms with van der Waals surface area (Å²) < 4.78 is 39.6. The lowest BCUT2D eigenvalue weighted by atomic mass is 10.1. The maximum atomic E-state index is 13.0. The highest BCUT2D eigenvalue weighted by Gasteiger charge is 2.37. The lowest BCUT2D eigenvalue weighted by molar-refractivity contribution is -0.146. The first-order valence-electron chi connectivity index (χ1n) is 9.13. The van der Waals surface area contributed by atoms with E-state index in [1.54, 1.807) is 43.7 Å². The van der Waals surface area contributed by atoms with E-state index in [-0.39, 0.29) is 17.4 Å². The Labute approximate surface area is 174 Å². The Bertz CT molecular complexity index is 1210. The Kier molecular flexibility index (Phi) is 5.24. The highest BCUT2D eigenvalue weighted by Crippen LogP contribution is 2.27. The molecular weight excluding hydrogens is 411 g/mol. The second-order valence-electron chi connectivity index (χ2n) is 6.63. The van der Waals surface area contributed by atoms with Crippen molar-refractivity contribution in [2.75, 3.05) is 17.3 Å². The third-order valence-corrected chi connectivity index (χ3v) is 4.55. The zero-order valence-corrected chi connectivity index (χ0v) is 16.2. The Hall–Kier alpha value is -4.02. The topological polar surface area (TPSA) is 88.3 Å². The van der Waals surface area contributed by atoms with Crippen molar-refractivity contribution in [1.82, 2.24) is 24.8 Å². The zero-order valence-electron chi connectivity index (χ0n) is 16.2. The van der Waals surface area contributed by atoms with Crippen LogP contribution in [0, 0.1) is 0 Å². The van der Waals surface area contributed by atoms with Crippen molar-refractivity contribution < 1.29 is 18.0 Å². The highest BCUT2D eigenvalue weighted by atomic mass is 19.4. The fourth-order valence-electron chi connectivity index (χ4n) is 2.90. The summed E-state index contributed by atoms with van der Waals surface area (Å²) in [6, 6.07) is 13.4. The molecule has 0 saturated heterocycles. The molecule has 0 unspecified atom stereocenters. The number of amides is 1. The largest absolute Gasteiger partial charge is 0.453 e. The van der Waals surface area contributed by atoms with Crippen molar-refractivity contribution >= 4 is 23.1 Å². The van der Waals surface area contributed by atoms with E-state index in [1.807, 2.05) is 12.1 Å². The number of pyridine rings is 1. The Balaban J connectivity index is 1.44. The van der Waals surface area contributed by atoms with Gasteiger partial charge < -0.3 is 10.2 Å². The number of aromatic nitrogens is 5. The van der Waals surface area contributed by atoms with E-state index < -0.39 is 12.0 Å². The third-order valence-electron chi connectivity index (χ3n) is 4.55. The van der Waals surface area contributed by atoms with Crippen LogP contribution in [-0.4, -0.2) is 37.8 Å². The van der Waals surface area contributed by atoms with Gasteiger partial charge in [-0.15, -0.1) is 15.3 Å². The molecule has 1 amide bonds. The SMILES string of the molecule is CN(C(=O)c1ccncc1)c1ccc(CNc2ccc3nnc(C(F)(F)F)n3n2)cc1. The molecule has 158 valence electrons. The van der Waals surface area contributed by atoms with Gasteiger partial charge in [-0.05, 0) is 42.0 Å². The summed E-state index contributed by atoms with van der Waals surface area (Å²) in [5, 5.41) is 13.5.